The summed E-state index contributed by atoms with van der Waals surface area (Å²) in [4.78, 5) is 0.712. The van der Waals surface area contributed by atoms with Crippen LogP contribution in [0.5, 0.6) is 0 Å². The number of benzene rings is 1. The van der Waals surface area contributed by atoms with Gasteiger partial charge in [0.25, 0.3) is 0 Å². The van der Waals surface area contributed by atoms with Crippen LogP contribution >= 0.6 is 11.8 Å². The maximum absolute atomic E-state index is 13.6. The topological polar surface area (TPSA) is 60.2 Å². The van der Waals surface area contributed by atoms with Crippen LogP contribution in [-0.2, 0) is 9.84 Å². The van der Waals surface area contributed by atoms with E-state index in [1.807, 2.05) is 0 Å². The van der Waals surface area contributed by atoms with Crippen LogP contribution in [0.1, 0.15) is 18.5 Å². The number of nitrogens with two attached hydrogens (primary N) is 1. The highest BCUT2D eigenvalue weighted by Crippen LogP contribution is 2.28. The molecule has 17 heavy (non-hydrogen) atoms. The van der Waals surface area contributed by atoms with Crippen molar-refractivity contribution in [3.05, 3.63) is 29.6 Å². The van der Waals surface area contributed by atoms with Gasteiger partial charge in [0.15, 0.2) is 0 Å². The van der Waals surface area contributed by atoms with E-state index in [9.17, 15) is 12.8 Å². The van der Waals surface area contributed by atoms with Gasteiger partial charge in [-0.1, -0.05) is 6.07 Å². The molecular weight excluding hydrogens is 261 g/mol. The lowest BCUT2D eigenvalue weighted by Gasteiger charge is -2.12. The van der Waals surface area contributed by atoms with Crippen molar-refractivity contribution >= 4 is 21.6 Å². The molecule has 0 aliphatic carbocycles. The molecule has 0 aliphatic rings. The number of sulfone groups is 1. The summed E-state index contributed by atoms with van der Waals surface area (Å²) in [5.74, 6) is 0.138. The quantitative estimate of drug-likeness (QED) is 0.836. The van der Waals surface area contributed by atoms with E-state index in [4.69, 9.17) is 5.73 Å². The van der Waals surface area contributed by atoms with Crippen LogP contribution in [0.15, 0.2) is 23.1 Å². The van der Waals surface area contributed by atoms with Gasteiger partial charge in [0.1, 0.15) is 15.7 Å². The highest BCUT2D eigenvalue weighted by atomic mass is 32.2. The zero-order valence-corrected chi connectivity index (χ0v) is 11.4. The van der Waals surface area contributed by atoms with Crippen LogP contribution in [0, 0.1) is 5.82 Å². The molecular formula is C11H16FNO2S2. The first-order valence-corrected chi connectivity index (χ1v) is 8.20. The monoisotopic (exact) mass is 277 g/mol. The Bertz CT molecular complexity index is 486. The molecule has 0 amide bonds. The van der Waals surface area contributed by atoms with E-state index in [1.54, 1.807) is 19.1 Å². The van der Waals surface area contributed by atoms with Crippen LogP contribution in [0.3, 0.4) is 0 Å². The molecule has 0 unspecified atom stereocenters. The molecule has 0 bridgehead atoms. The molecule has 1 aromatic rings. The second kappa shape index (κ2) is 5.84. The predicted octanol–water partition coefficient (Wildman–Crippen LogP) is 1.98. The third-order valence-corrected chi connectivity index (χ3v) is 4.46. The maximum Gasteiger partial charge on any atom is 0.148 e. The Morgan fingerprint density at radius 1 is 1.47 bits per heavy atom. The highest BCUT2D eigenvalue weighted by Gasteiger charge is 2.13. The van der Waals surface area contributed by atoms with Gasteiger partial charge in [-0.3, -0.25) is 0 Å². The molecule has 6 heteroatoms. The van der Waals surface area contributed by atoms with Gasteiger partial charge < -0.3 is 5.73 Å². The molecule has 0 spiro atoms. The van der Waals surface area contributed by atoms with Gasteiger partial charge >= 0.3 is 0 Å². The third-order valence-electron chi connectivity index (χ3n) is 2.18. The minimum atomic E-state index is -2.98. The fraction of sp³-hybridized carbons (Fsp3) is 0.455. The molecule has 0 saturated heterocycles. The number of halogens is 1. The van der Waals surface area contributed by atoms with Crippen LogP contribution in [-0.4, -0.2) is 26.2 Å². The molecule has 0 radical (unpaired) electrons. The van der Waals surface area contributed by atoms with E-state index >= 15 is 0 Å². The minimum absolute atomic E-state index is 0.0760. The Kier molecular flexibility index (Phi) is 4.97. The minimum Gasteiger partial charge on any atom is -0.324 e. The molecule has 1 rings (SSSR count). The van der Waals surface area contributed by atoms with Crippen molar-refractivity contribution < 1.29 is 12.8 Å². The Morgan fingerprint density at radius 3 is 2.65 bits per heavy atom. The second-order valence-electron chi connectivity index (χ2n) is 3.92. The average molecular weight is 277 g/mol. The summed E-state index contributed by atoms with van der Waals surface area (Å²) in [5.41, 5.74) is 6.15. The van der Waals surface area contributed by atoms with Crippen LogP contribution in [0.25, 0.3) is 0 Å². The van der Waals surface area contributed by atoms with Crippen molar-refractivity contribution in [2.75, 3.05) is 17.8 Å². The molecule has 2 N–H and O–H groups in total. The molecule has 1 aromatic carbocycles. The van der Waals surface area contributed by atoms with Crippen molar-refractivity contribution in [2.24, 2.45) is 5.73 Å². The van der Waals surface area contributed by atoms with Gasteiger partial charge in [-0.05, 0) is 19.1 Å². The lowest BCUT2D eigenvalue weighted by atomic mass is 10.1. The summed E-state index contributed by atoms with van der Waals surface area (Å²) in [6.45, 7) is 1.71. The molecule has 0 aliphatic heterocycles. The van der Waals surface area contributed by atoms with E-state index in [2.05, 4.69) is 0 Å². The van der Waals surface area contributed by atoms with E-state index in [-0.39, 0.29) is 11.6 Å². The molecule has 0 heterocycles. The number of thioether (sulfide) groups is 1. The Morgan fingerprint density at radius 2 is 2.12 bits per heavy atom. The van der Waals surface area contributed by atoms with Gasteiger partial charge in [-0.25, -0.2) is 12.8 Å². The van der Waals surface area contributed by atoms with Crippen molar-refractivity contribution in [3.63, 3.8) is 0 Å². The third kappa shape index (κ3) is 4.65. The van der Waals surface area contributed by atoms with Crippen molar-refractivity contribution in [1.29, 1.82) is 0 Å². The van der Waals surface area contributed by atoms with Crippen molar-refractivity contribution in [3.8, 4) is 0 Å². The van der Waals surface area contributed by atoms with E-state index in [0.29, 0.717) is 16.2 Å². The second-order valence-corrected chi connectivity index (χ2v) is 7.32. The summed E-state index contributed by atoms with van der Waals surface area (Å²) in [6, 6.07) is 4.31. The standard InChI is InChI=1S/C11H16FNO2S2/c1-8(13)11-9(12)4-3-5-10(11)16-6-7-17(2,14)15/h3-5,8H,6-7,13H2,1-2H3/t8-/m1/s1. The molecule has 3 nitrogen and oxygen atoms in total. The number of hydrogen-bond acceptors (Lipinski definition) is 4. The first-order valence-electron chi connectivity index (χ1n) is 5.16. The van der Waals surface area contributed by atoms with Gasteiger partial charge in [0, 0.05) is 28.5 Å². The molecule has 0 saturated carbocycles. The molecule has 0 aromatic heterocycles. The largest absolute Gasteiger partial charge is 0.324 e. The fourth-order valence-electron chi connectivity index (χ4n) is 1.39. The lowest BCUT2D eigenvalue weighted by molar-refractivity contribution is 0.585. The van der Waals surface area contributed by atoms with Gasteiger partial charge in [-0.2, -0.15) is 0 Å². The smallest absolute Gasteiger partial charge is 0.148 e. The Balaban J connectivity index is 2.81. The Labute approximate surface area is 106 Å². The summed E-state index contributed by atoms with van der Waals surface area (Å²) < 4.78 is 35.5. The lowest BCUT2D eigenvalue weighted by Crippen LogP contribution is -2.10. The van der Waals surface area contributed by atoms with Crippen molar-refractivity contribution in [1.82, 2.24) is 0 Å². The summed E-state index contributed by atoms with van der Waals surface area (Å²) in [7, 11) is -2.98. The van der Waals surface area contributed by atoms with Gasteiger partial charge in [0.05, 0.1) is 5.75 Å². The molecule has 96 valence electrons. The number of hydrogen-bond donors (Lipinski definition) is 1. The van der Waals surface area contributed by atoms with Gasteiger partial charge in [0.2, 0.25) is 0 Å². The van der Waals surface area contributed by atoms with Crippen LogP contribution in [0.4, 0.5) is 4.39 Å². The average Bonchev–Trinajstić information content (AvgIpc) is 2.14. The summed E-state index contributed by atoms with van der Waals surface area (Å²) in [5, 5.41) is 0. The predicted molar refractivity (Wildman–Crippen MR) is 69.4 cm³/mol. The maximum atomic E-state index is 13.6. The Hall–Kier alpha value is -0.590. The van der Waals surface area contributed by atoms with E-state index in [1.165, 1.54) is 24.1 Å². The highest BCUT2D eigenvalue weighted by molar-refractivity contribution is 8.00. The molecule has 0 fully saturated rings. The zero-order valence-electron chi connectivity index (χ0n) is 9.81. The SMILES string of the molecule is C[C@@H](N)c1c(F)cccc1SCCS(C)(=O)=O. The fourth-order valence-corrected chi connectivity index (χ4v) is 3.77. The first-order chi connectivity index (χ1) is 7.81. The molecule has 1 atom stereocenters. The van der Waals surface area contributed by atoms with Crippen LogP contribution in [0.2, 0.25) is 0 Å². The summed E-state index contributed by atoms with van der Waals surface area (Å²) in [6.07, 6.45) is 1.19. The van der Waals surface area contributed by atoms with E-state index in [0.717, 1.165) is 0 Å². The van der Waals surface area contributed by atoms with E-state index < -0.39 is 15.9 Å². The first kappa shape index (κ1) is 14.5. The number of rotatable bonds is 5. The summed E-state index contributed by atoms with van der Waals surface area (Å²) >= 11 is 1.32. The van der Waals surface area contributed by atoms with Crippen LogP contribution < -0.4 is 5.73 Å². The van der Waals surface area contributed by atoms with Crippen molar-refractivity contribution in [2.45, 2.75) is 17.9 Å². The van der Waals surface area contributed by atoms with Gasteiger partial charge in [-0.15, -0.1) is 11.8 Å². The zero-order chi connectivity index (χ0) is 13.1. The normalized spacial score (nSPS) is 13.6.